The van der Waals surface area contributed by atoms with Gasteiger partial charge >= 0.3 is 0 Å². The largest absolute Gasteiger partial charge is 0.383 e. The third-order valence-electron chi connectivity index (χ3n) is 2.69. The summed E-state index contributed by atoms with van der Waals surface area (Å²) in [5.74, 6) is -0.100. The van der Waals surface area contributed by atoms with Crippen molar-refractivity contribution >= 4 is 23.3 Å². The highest BCUT2D eigenvalue weighted by molar-refractivity contribution is 7.16. The second-order valence-corrected chi connectivity index (χ2v) is 5.30. The highest BCUT2D eigenvalue weighted by atomic mass is 32.1. The van der Waals surface area contributed by atoms with Crippen molar-refractivity contribution in [1.29, 1.82) is 0 Å². The van der Waals surface area contributed by atoms with E-state index in [4.69, 9.17) is 4.74 Å². The van der Waals surface area contributed by atoms with E-state index >= 15 is 0 Å². The molecule has 0 fully saturated rings. The van der Waals surface area contributed by atoms with Crippen molar-refractivity contribution in [3.63, 3.8) is 0 Å². The zero-order chi connectivity index (χ0) is 14.2. The molecule has 104 valence electrons. The van der Waals surface area contributed by atoms with Gasteiger partial charge in [-0.2, -0.15) is 0 Å². The van der Waals surface area contributed by atoms with E-state index in [2.05, 4.69) is 23.5 Å². The van der Waals surface area contributed by atoms with E-state index in [9.17, 15) is 4.79 Å². The number of nitrogens with one attached hydrogen (secondary N) is 1. The summed E-state index contributed by atoms with van der Waals surface area (Å²) in [5, 5.41) is 2.75. The Labute approximate surface area is 122 Å². The summed E-state index contributed by atoms with van der Waals surface area (Å²) >= 11 is 1.66. The molecule has 0 aliphatic heterocycles. The van der Waals surface area contributed by atoms with Gasteiger partial charge in [0.1, 0.15) is 0 Å². The van der Waals surface area contributed by atoms with Crippen molar-refractivity contribution in [1.82, 2.24) is 5.32 Å². The molecule has 1 amide bonds. The van der Waals surface area contributed by atoms with Gasteiger partial charge in [-0.15, -0.1) is 11.3 Å². The quantitative estimate of drug-likeness (QED) is 0.654. The van der Waals surface area contributed by atoms with Crippen LogP contribution in [0.4, 0.5) is 0 Å². The highest BCUT2D eigenvalue weighted by Crippen LogP contribution is 2.28. The highest BCUT2D eigenvalue weighted by Gasteiger charge is 2.01. The van der Waals surface area contributed by atoms with Gasteiger partial charge in [0.15, 0.2) is 0 Å². The summed E-state index contributed by atoms with van der Waals surface area (Å²) in [7, 11) is 1.61. The van der Waals surface area contributed by atoms with Gasteiger partial charge in [-0.25, -0.2) is 0 Å². The van der Waals surface area contributed by atoms with Crippen LogP contribution >= 0.6 is 11.3 Å². The van der Waals surface area contributed by atoms with Crippen molar-refractivity contribution in [2.24, 2.45) is 0 Å². The Morgan fingerprint density at radius 1 is 1.25 bits per heavy atom. The summed E-state index contributed by atoms with van der Waals surface area (Å²) in [5.41, 5.74) is 1.20. The molecule has 3 nitrogen and oxygen atoms in total. The molecule has 0 radical (unpaired) electrons. The van der Waals surface area contributed by atoms with E-state index in [1.165, 1.54) is 10.4 Å². The number of hydrogen-bond donors (Lipinski definition) is 1. The molecule has 20 heavy (non-hydrogen) atoms. The number of amides is 1. The fourth-order valence-electron chi connectivity index (χ4n) is 1.69. The third kappa shape index (κ3) is 4.33. The Hall–Kier alpha value is -1.91. The average molecular weight is 287 g/mol. The third-order valence-corrected chi connectivity index (χ3v) is 3.79. The maximum absolute atomic E-state index is 11.5. The lowest BCUT2D eigenvalue weighted by Crippen LogP contribution is -2.24. The van der Waals surface area contributed by atoms with Gasteiger partial charge in [0, 0.05) is 29.5 Å². The summed E-state index contributed by atoms with van der Waals surface area (Å²) in [6.07, 6.45) is 3.38. The second kappa shape index (κ2) is 7.62. The number of thiophene rings is 1. The van der Waals surface area contributed by atoms with Gasteiger partial charge in [-0.05, 0) is 23.8 Å². The maximum Gasteiger partial charge on any atom is 0.244 e. The molecule has 0 saturated carbocycles. The van der Waals surface area contributed by atoms with Crippen molar-refractivity contribution in [3.05, 3.63) is 53.4 Å². The molecule has 0 spiro atoms. The normalized spacial score (nSPS) is 10.8. The molecule has 0 unspecified atom stereocenters. The lowest BCUT2D eigenvalue weighted by molar-refractivity contribution is -0.116. The van der Waals surface area contributed by atoms with Crippen LogP contribution in [0.2, 0.25) is 0 Å². The van der Waals surface area contributed by atoms with Gasteiger partial charge < -0.3 is 10.1 Å². The number of rotatable bonds is 6. The molecule has 1 aromatic heterocycles. The molecule has 0 aliphatic rings. The SMILES string of the molecule is COCCNC(=O)/C=C/c1ccc(-c2ccccc2)s1. The van der Waals surface area contributed by atoms with E-state index < -0.39 is 0 Å². The molecule has 1 heterocycles. The Kier molecular flexibility index (Phi) is 5.53. The maximum atomic E-state index is 11.5. The second-order valence-electron chi connectivity index (χ2n) is 4.19. The van der Waals surface area contributed by atoms with Crippen molar-refractivity contribution in [2.45, 2.75) is 0 Å². The first-order chi connectivity index (χ1) is 9.79. The van der Waals surface area contributed by atoms with E-state index in [1.54, 1.807) is 24.5 Å². The number of hydrogen-bond acceptors (Lipinski definition) is 3. The van der Waals surface area contributed by atoms with E-state index in [0.29, 0.717) is 13.2 Å². The molecule has 0 aliphatic carbocycles. The minimum absolute atomic E-state index is 0.100. The molecule has 1 aromatic carbocycles. The van der Waals surface area contributed by atoms with Crippen molar-refractivity contribution in [3.8, 4) is 10.4 Å². The van der Waals surface area contributed by atoms with Crippen LogP contribution in [0.5, 0.6) is 0 Å². The molecular formula is C16H17NO2S. The average Bonchev–Trinajstić information content (AvgIpc) is 2.95. The summed E-state index contributed by atoms with van der Waals surface area (Å²) in [6, 6.07) is 14.3. The Balaban J connectivity index is 1.94. The standard InChI is InChI=1S/C16H17NO2S/c1-19-12-11-17-16(18)10-8-14-7-9-15(20-14)13-5-3-2-4-6-13/h2-10H,11-12H2,1H3,(H,17,18)/b10-8+. The number of carbonyl (C=O) groups is 1. The Morgan fingerprint density at radius 3 is 2.80 bits per heavy atom. The summed E-state index contributed by atoms with van der Waals surface area (Å²) in [4.78, 5) is 13.8. The number of ether oxygens (including phenoxy) is 1. The zero-order valence-electron chi connectivity index (χ0n) is 11.3. The van der Waals surface area contributed by atoms with Crippen molar-refractivity contribution in [2.75, 3.05) is 20.3 Å². The smallest absolute Gasteiger partial charge is 0.244 e. The molecule has 0 atom stereocenters. The molecule has 4 heteroatoms. The first-order valence-electron chi connectivity index (χ1n) is 6.39. The predicted octanol–water partition coefficient (Wildman–Crippen LogP) is 3.19. The van der Waals surface area contributed by atoms with Crippen LogP contribution in [0, 0.1) is 0 Å². The molecule has 2 aromatic rings. The first-order valence-corrected chi connectivity index (χ1v) is 7.21. The van der Waals surface area contributed by atoms with Gasteiger partial charge in [-0.1, -0.05) is 30.3 Å². The van der Waals surface area contributed by atoms with Gasteiger partial charge in [0.2, 0.25) is 5.91 Å². The first kappa shape index (κ1) is 14.5. The van der Waals surface area contributed by atoms with Crippen LogP contribution < -0.4 is 5.32 Å². The number of methoxy groups -OCH3 is 1. The van der Waals surface area contributed by atoms with Crippen LogP contribution in [0.3, 0.4) is 0 Å². The van der Waals surface area contributed by atoms with Crippen LogP contribution in [-0.2, 0) is 9.53 Å². The molecular weight excluding hydrogens is 270 g/mol. The van der Waals surface area contributed by atoms with Gasteiger partial charge in [0.05, 0.1) is 6.61 Å². The van der Waals surface area contributed by atoms with E-state index in [-0.39, 0.29) is 5.91 Å². The fraction of sp³-hybridized carbons (Fsp3) is 0.188. The zero-order valence-corrected chi connectivity index (χ0v) is 12.2. The fourth-order valence-corrected chi connectivity index (χ4v) is 2.61. The number of carbonyl (C=O) groups excluding carboxylic acids is 1. The van der Waals surface area contributed by atoms with Gasteiger partial charge in [0.25, 0.3) is 0 Å². The minimum atomic E-state index is -0.100. The Morgan fingerprint density at radius 2 is 2.05 bits per heavy atom. The summed E-state index contributed by atoms with van der Waals surface area (Å²) in [6.45, 7) is 1.05. The van der Waals surface area contributed by atoms with Crippen molar-refractivity contribution < 1.29 is 9.53 Å². The van der Waals surface area contributed by atoms with Crippen LogP contribution in [0.15, 0.2) is 48.5 Å². The molecule has 2 rings (SSSR count). The number of benzene rings is 1. The predicted molar refractivity (Wildman–Crippen MR) is 83.7 cm³/mol. The summed E-state index contributed by atoms with van der Waals surface area (Å²) < 4.78 is 4.87. The van der Waals surface area contributed by atoms with Gasteiger partial charge in [-0.3, -0.25) is 4.79 Å². The topological polar surface area (TPSA) is 38.3 Å². The minimum Gasteiger partial charge on any atom is -0.383 e. The monoisotopic (exact) mass is 287 g/mol. The van der Waals surface area contributed by atoms with E-state index in [0.717, 1.165) is 4.88 Å². The van der Waals surface area contributed by atoms with Crippen LogP contribution in [0.25, 0.3) is 16.5 Å². The molecule has 0 saturated heterocycles. The Bertz CT molecular complexity index is 575. The lowest BCUT2D eigenvalue weighted by Gasteiger charge is -1.99. The molecule has 0 bridgehead atoms. The molecule has 1 N–H and O–H groups in total. The van der Waals surface area contributed by atoms with E-state index in [1.807, 2.05) is 30.3 Å². The lowest BCUT2D eigenvalue weighted by atomic mass is 10.2. The van der Waals surface area contributed by atoms with Crippen LogP contribution in [-0.4, -0.2) is 26.2 Å². The van der Waals surface area contributed by atoms with Crippen LogP contribution in [0.1, 0.15) is 4.88 Å².